The lowest BCUT2D eigenvalue weighted by Gasteiger charge is -2.19. The Kier molecular flexibility index (Phi) is 4.89. The highest BCUT2D eigenvalue weighted by Gasteiger charge is 2.16. The van der Waals surface area contributed by atoms with Gasteiger partial charge < -0.3 is 4.57 Å². The molecular weight excluding hydrogens is 387 g/mol. The van der Waals surface area contributed by atoms with E-state index in [0.717, 1.165) is 17.7 Å². The smallest absolute Gasteiger partial charge is 0.163 e. The van der Waals surface area contributed by atoms with Crippen molar-refractivity contribution in [3.63, 3.8) is 0 Å². The molecule has 0 aliphatic heterocycles. The van der Waals surface area contributed by atoms with Gasteiger partial charge in [-0.2, -0.15) is 0 Å². The van der Waals surface area contributed by atoms with Gasteiger partial charge in [0, 0.05) is 33.3 Å². The molecule has 0 fully saturated rings. The van der Waals surface area contributed by atoms with Crippen molar-refractivity contribution in [2.45, 2.75) is 47.1 Å². The topological polar surface area (TPSA) is 17.8 Å². The lowest BCUT2D eigenvalue weighted by atomic mass is 9.87. The van der Waals surface area contributed by atoms with Crippen LogP contribution in [0.5, 0.6) is 0 Å². The van der Waals surface area contributed by atoms with E-state index in [1.165, 1.54) is 43.7 Å². The van der Waals surface area contributed by atoms with Gasteiger partial charge in [0.25, 0.3) is 0 Å². The number of benzene rings is 3. The number of rotatable bonds is 3. The summed E-state index contributed by atoms with van der Waals surface area (Å²) in [6, 6.07) is 25.1. The van der Waals surface area contributed by atoms with E-state index in [1.807, 2.05) is 0 Å². The van der Waals surface area contributed by atoms with Gasteiger partial charge in [-0.25, -0.2) is 0 Å². The Balaban J connectivity index is 1.73. The van der Waals surface area contributed by atoms with Crippen LogP contribution in [0.25, 0.3) is 43.8 Å². The second-order valence-corrected chi connectivity index (χ2v) is 10.6. The molecule has 3 aromatic carbocycles. The number of fused-ring (bicyclic) bond motifs is 4. The number of hydrogen-bond donors (Lipinski definition) is 0. The minimum absolute atomic E-state index is 0.272. The Morgan fingerprint density at radius 2 is 1.56 bits per heavy atom. The molecule has 0 saturated carbocycles. The fourth-order valence-corrected chi connectivity index (χ4v) is 5.09. The van der Waals surface area contributed by atoms with Crippen molar-refractivity contribution in [1.29, 1.82) is 0 Å². The van der Waals surface area contributed by atoms with Gasteiger partial charge in [0.05, 0.1) is 11.2 Å². The molecule has 32 heavy (non-hydrogen) atoms. The second kappa shape index (κ2) is 7.51. The molecule has 0 N–H and O–H groups in total. The maximum Gasteiger partial charge on any atom is 0.163 e. The van der Waals surface area contributed by atoms with Crippen LogP contribution >= 0.6 is 0 Å². The Hall–Kier alpha value is -3.07. The molecule has 0 radical (unpaired) electrons. The third-order valence-electron chi connectivity index (χ3n) is 6.26. The quantitative estimate of drug-likeness (QED) is 0.309. The van der Waals surface area contributed by atoms with Crippen LogP contribution in [0.2, 0.25) is 0 Å². The van der Waals surface area contributed by atoms with E-state index in [4.69, 9.17) is 4.98 Å². The first kappa shape index (κ1) is 20.8. The summed E-state index contributed by atoms with van der Waals surface area (Å²) in [6.45, 7) is 11.4. The monoisotopic (exact) mass is 418 g/mol. The van der Waals surface area contributed by atoms with Gasteiger partial charge in [-0.15, -0.1) is 0 Å². The lowest BCUT2D eigenvalue weighted by molar-refractivity contribution is 0.411. The molecule has 2 aromatic heterocycles. The van der Waals surface area contributed by atoms with Gasteiger partial charge in [0.1, 0.15) is 0 Å². The molecule has 0 aliphatic rings. The minimum atomic E-state index is 0.272. The summed E-state index contributed by atoms with van der Waals surface area (Å²) < 4.78 is 2.45. The van der Waals surface area contributed by atoms with Crippen molar-refractivity contribution in [3.8, 4) is 11.3 Å². The molecule has 2 heterocycles. The number of aromatic nitrogens is 2. The predicted octanol–water partition coefficient (Wildman–Crippen LogP) is 6.44. The van der Waals surface area contributed by atoms with Crippen LogP contribution in [0.4, 0.5) is 0 Å². The molecule has 0 bridgehead atoms. The van der Waals surface area contributed by atoms with E-state index in [2.05, 4.69) is 114 Å². The summed E-state index contributed by atoms with van der Waals surface area (Å²) in [7, 11) is 2.10. The SMILES string of the molecule is Bc1cc2cc(CC(C)(C)C)ccc2c(-c2ccc3c4ccccc4n(C(C)C)c3c2)n1. The standard InChI is InChI=1S/C29H31BN2/c1-18(2)32-25-9-7-6-8-23(25)24-13-11-20(15-26(24)32)28-22-12-10-19(17-29(3,4)5)14-21(22)16-27(30)31-28/h6-16,18H,17,30H2,1-5H3. The average molecular weight is 418 g/mol. The van der Waals surface area contributed by atoms with E-state index in [1.54, 1.807) is 0 Å². The van der Waals surface area contributed by atoms with Crippen molar-refractivity contribution >= 4 is 46.0 Å². The van der Waals surface area contributed by atoms with Gasteiger partial charge >= 0.3 is 0 Å². The molecule has 0 atom stereocenters. The number of pyridine rings is 1. The van der Waals surface area contributed by atoms with E-state index < -0.39 is 0 Å². The zero-order chi connectivity index (χ0) is 22.6. The van der Waals surface area contributed by atoms with E-state index >= 15 is 0 Å². The first-order valence-corrected chi connectivity index (χ1v) is 11.6. The van der Waals surface area contributed by atoms with Gasteiger partial charge in [-0.1, -0.05) is 69.3 Å². The first-order chi connectivity index (χ1) is 15.2. The Morgan fingerprint density at radius 1 is 0.844 bits per heavy atom. The maximum atomic E-state index is 5.00. The predicted molar refractivity (Wildman–Crippen MR) is 142 cm³/mol. The fraction of sp³-hybridized carbons (Fsp3) is 0.276. The summed E-state index contributed by atoms with van der Waals surface area (Å²) in [5.41, 5.74) is 7.54. The van der Waals surface area contributed by atoms with Crippen LogP contribution in [-0.2, 0) is 6.42 Å². The van der Waals surface area contributed by atoms with Crippen molar-refractivity contribution in [1.82, 2.24) is 9.55 Å². The van der Waals surface area contributed by atoms with Gasteiger partial charge in [0.2, 0.25) is 0 Å². The third kappa shape index (κ3) is 3.60. The highest BCUT2D eigenvalue weighted by Crippen LogP contribution is 2.36. The highest BCUT2D eigenvalue weighted by atomic mass is 15.0. The minimum Gasteiger partial charge on any atom is -0.338 e. The second-order valence-electron chi connectivity index (χ2n) is 10.6. The summed E-state index contributed by atoms with van der Waals surface area (Å²) in [4.78, 5) is 5.00. The molecule has 3 heteroatoms. The number of para-hydroxylation sites is 1. The molecule has 0 saturated heterocycles. The first-order valence-electron chi connectivity index (χ1n) is 11.6. The zero-order valence-corrected chi connectivity index (χ0v) is 20.0. The van der Waals surface area contributed by atoms with Crippen LogP contribution < -0.4 is 5.59 Å². The molecule has 0 unspecified atom stereocenters. The van der Waals surface area contributed by atoms with Crippen molar-refractivity contribution in [2.24, 2.45) is 5.41 Å². The van der Waals surface area contributed by atoms with Crippen LogP contribution in [0.15, 0.2) is 66.7 Å². The summed E-state index contributed by atoms with van der Waals surface area (Å²) >= 11 is 0. The molecule has 0 aliphatic carbocycles. The van der Waals surface area contributed by atoms with Crippen molar-refractivity contribution in [3.05, 3.63) is 72.3 Å². The van der Waals surface area contributed by atoms with Crippen molar-refractivity contribution < 1.29 is 0 Å². The summed E-state index contributed by atoms with van der Waals surface area (Å²) in [6.07, 6.45) is 1.07. The Morgan fingerprint density at radius 3 is 2.31 bits per heavy atom. The van der Waals surface area contributed by atoms with E-state index in [-0.39, 0.29) is 5.41 Å². The molecular formula is C29H31BN2. The molecule has 5 aromatic rings. The molecule has 2 nitrogen and oxygen atoms in total. The number of nitrogens with zero attached hydrogens (tertiary/aromatic N) is 2. The molecule has 0 amide bonds. The molecule has 5 rings (SSSR count). The summed E-state index contributed by atoms with van der Waals surface area (Å²) in [5.74, 6) is 0. The summed E-state index contributed by atoms with van der Waals surface area (Å²) in [5, 5.41) is 5.12. The van der Waals surface area contributed by atoms with Crippen LogP contribution in [0.3, 0.4) is 0 Å². The highest BCUT2D eigenvalue weighted by molar-refractivity contribution is 6.32. The average Bonchev–Trinajstić information content (AvgIpc) is 3.05. The lowest BCUT2D eigenvalue weighted by Crippen LogP contribution is -2.11. The van der Waals surface area contributed by atoms with Crippen LogP contribution in [0, 0.1) is 5.41 Å². The van der Waals surface area contributed by atoms with E-state index in [0.29, 0.717) is 6.04 Å². The normalized spacial score (nSPS) is 12.4. The fourth-order valence-electron chi connectivity index (χ4n) is 5.09. The maximum absolute atomic E-state index is 5.00. The Labute approximate surface area is 191 Å². The molecule has 0 spiro atoms. The van der Waals surface area contributed by atoms with E-state index in [9.17, 15) is 0 Å². The van der Waals surface area contributed by atoms with Gasteiger partial charge in [-0.05, 0) is 60.4 Å². The largest absolute Gasteiger partial charge is 0.338 e. The van der Waals surface area contributed by atoms with Crippen molar-refractivity contribution in [2.75, 3.05) is 0 Å². The van der Waals surface area contributed by atoms with Gasteiger partial charge in [-0.3, -0.25) is 4.98 Å². The number of hydrogen-bond acceptors (Lipinski definition) is 1. The van der Waals surface area contributed by atoms with Gasteiger partial charge in [0.15, 0.2) is 7.85 Å². The third-order valence-corrected chi connectivity index (χ3v) is 6.26. The zero-order valence-electron chi connectivity index (χ0n) is 20.0. The van der Waals surface area contributed by atoms with Crippen LogP contribution in [0.1, 0.15) is 46.2 Å². The van der Waals surface area contributed by atoms with Crippen LogP contribution in [-0.4, -0.2) is 17.4 Å². The Bertz CT molecular complexity index is 1470. The molecule has 160 valence electrons.